The summed E-state index contributed by atoms with van der Waals surface area (Å²) < 4.78 is 0. The third kappa shape index (κ3) is 32.1. The van der Waals surface area contributed by atoms with E-state index in [4.69, 9.17) is 25.7 Å². The van der Waals surface area contributed by atoms with Gasteiger partial charge in [-0.1, -0.05) is 304 Å². The van der Waals surface area contributed by atoms with Gasteiger partial charge in [-0.25, -0.2) is 0 Å². The average Bonchev–Trinajstić information content (AvgIpc) is 3.41. The number of terminal acetylenes is 4. The highest BCUT2D eigenvalue weighted by atomic mass is 14.1. The molecule has 6 aromatic rings. The summed E-state index contributed by atoms with van der Waals surface area (Å²) in [5.41, 5.74) is 20.8. The molecule has 402 valence electrons. The van der Waals surface area contributed by atoms with Crippen molar-refractivity contribution in [2.75, 3.05) is 0 Å². The van der Waals surface area contributed by atoms with Crippen LogP contribution < -0.4 is 32.8 Å². The largest absolute Gasteiger partial charge is 0.243 e. The first-order valence-corrected chi connectivity index (χ1v) is 26.1. The van der Waals surface area contributed by atoms with Crippen molar-refractivity contribution in [3.8, 4) is 96.7 Å². The zero-order chi connectivity index (χ0) is 58.1. The zero-order valence-corrected chi connectivity index (χ0v) is 50.1. The Morgan fingerprint density at radius 2 is 0.455 bits per heavy atom. The van der Waals surface area contributed by atoms with E-state index in [1.165, 1.54) is 82.8 Å². The molecule has 0 saturated carbocycles. The Balaban J connectivity index is -0.000000222. The molecule has 0 spiro atoms. The van der Waals surface area contributed by atoms with E-state index < -0.39 is 0 Å². The smallest absolute Gasteiger partial charge is 0.106 e. The molecule has 0 N–H and O–H groups in total. The molecule has 0 amide bonds. The lowest BCUT2D eigenvalue weighted by atomic mass is 9.33. The van der Waals surface area contributed by atoms with E-state index in [0.29, 0.717) is 6.71 Å². The van der Waals surface area contributed by atoms with Crippen molar-refractivity contribution >= 4 is 46.2 Å². The maximum Gasteiger partial charge on any atom is 0.243 e. The van der Waals surface area contributed by atoms with E-state index in [-0.39, 0.29) is 21.6 Å². The molecule has 0 bridgehead atoms. The molecule has 0 aliphatic carbocycles. The second-order valence-corrected chi connectivity index (χ2v) is 15.6. The van der Waals surface area contributed by atoms with Crippen molar-refractivity contribution in [1.82, 2.24) is 0 Å². The van der Waals surface area contributed by atoms with E-state index in [1.807, 2.05) is 55.4 Å². The SMILES string of the molecule is C.C.C#CC#CC.C#CC#CC.C#CC#CC.C#CC#CC.CC.CC.CC.CC.Cc1cc(C)c(B(c2c(C)cc(C)cc2C)c2c(C)cc(C)cc2C)c(C)c1.c1ccc(B(c2ccccc2)c2ccccc2)cc1. The molecule has 0 saturated heterocycles. The average molecular weight is 1020 g/mol. The highest BCUT2D eigenvalue weighted by Gasteiger charge is 2.30. The van der Waals surface area contributed by atoms with Crippen LogP contribution in [0, 0.1) is 159 Å². The van der Waals surface area contributed by atoms with Crippen molar-refractivity contribution < 1.29 is 0 Å². The summed E-state index contributed by atoms with van der Waals surface area (Å²) in [5, 5.41) is 0. The molecule has 0 aliphatic rings. The van der Waals surface area contributed by atoms with Gasteiger partial charge in [0, 0.05) is 0 Å². The van der Waals surface area contributed by atoms with Gasteiger partial charge in [0.25, 0.3) is 0 Å². The summed E-state index contributed by atoms with van der Waals surface area (Å²) in [4.78, 5) is 0. The fraction of sp³-hybridized carbons (Fsp3) is 0.307. The van der Waals surface area contributed by atoms with E-state index in [0.717, 1.165) is 0 Å². The normalized spacial score (nSPS) is 7.65. The van der Waals surface area contributed by atoms with Crippen molar-refractivity contribution in [1.29, 1.82) is 0 Å². The van der Waals surface area contributed by atoms with Crippen LogP contribution in [0.2, 0.25) is 0 Å². The Kier molecular flexibility index (Phi) is 55.1. The van der Waals surface area contributed by atoms with Crippen LogP contribution >= 0.6 is 0 Å². The molecule has 6 rings (SSSR count). The van der Waals surface area contributed by atoms with Gasteiger partial charge in [-0.15, -0.1) is 25.7 Å². The minimum Gasteiger partial charge on any atom is -0.106 e. The first-order chi connectivity index (χ1) is 36.2. The van der Waals surface area contributed by atoms with Gasteiger partial charge in [-0.05, 0) is 137 Å². The molecule has 0 aliphatic heterocycles. The Bertz CT molecular complexity index is 2510. The lowest BCUT2D eigenvalue weighted by molar-refractivity contribution is 1.32. The highest BCUT2D eigenvalue weighted by molar-refractivity contribution is 6.97. The van der Waals surface area contributed by atoms with Crippen LogP contribution in [-0.2, 0) is 0 Å². The second-order valence-electron chi connectivity index (χ2n) is 15.6. The molecule has 0 nitrogen and oxygen atoms in total. The Labute approximate surface area is 478 Å². The van der Waals surface area contributed by atoms with Gasteiger partial charge >= 0.3 is 0 Å². The van der Waals surface area contributed by atoms with Gasteiger partial charge < -0.3 is 0 Å². The van der Waals surface area contributed by atoms with Crippen LogP contribution in [0.5, 0.6) is 0 Å². The standard InChI is InChI=1S/C27H33B.C18H15B.4C5H4.4C2H6.2CH4/c1-16-10-19(4)25(20(5)11-16)28(26-21(6)12-17(2)13-22(26)7)27-23(8)14-18(3)15-24(27)9;1-4-10-16(11-5-1)19(17-12-6-2-7-13-17)18-14-8-3-9-15-18;4*1-3-5-4-2;4*1-2;;/h10-15H,1-9H3;1-15H;4*1H,2H3;4*1-2H3;2*1H4. The predicted molar refractivity (Wildman–Crippen MR) is 359 cm³/mol. The first-order valence-electron chi connectivity index (χ1n) is 26.1. The summed E-state index contributed by atoms with van der Waals surface area (Å²) in [6, 6.07) is 46.1. The highest BCUT2D eigenvalue weighted by Crippen LogP contribution is 2.16. The lowest BCUT2D eigenvalue weighted by Crippen LogP contribution is -2.57. The molecule has 0 aromatic heterocycles. The molecule has 0 radical (unpaired) electrons. The van der Waals surface area contributed by atoms with Gasteiger partial charge in [0.1, 0.15) is 0 Å². The monoisotopic (exact) mass is 1020 g/mol. The van der Waals surface area contributed by atoms with Gasteiger partial charge in [0.15, 0.2) is 0 Å². The maximum absolute atomic E-state index is 4.72. The van der Waals surface area contributed by atoms with Crippen molar-refractivity contribution in [2.24, 2.45) is 0 Å². The number of aryl methyl sites for hydroxylation is 9. The van der Waals surface area contributed by atoms with E-state index >= 15 is 0 Å². The molecule has 0 unspecified atom stereocenters. The summed E-state index contributed by atoms with van der Waals surface area (Å²) in [5.74, 6) is 28.3. The fourth-order valence-corrected chi connectivity index (χ4v) is 8.18. The van der Waals surface area contributed by atoms with Crippen molar-refractivity contribution in [3.05, 3.63) is 177 Å². The number of hydrogen-bond acceptors (Lipinski definition) is 0. The third-order valence-corrected chi connectivity index (χ3v) is 10.3. The molecule has 0 atom stereocenters. The molecular formula is C75H96B2. The summed E-state index contributed by atoms with van der Waals surface area (Å²) in [6.45, 7) is 43.7. The lowest BCUT2D eigenvalue weighted by Gasteiger charge is -2.27. The van der Waals surface area contributed by atoms with Crippen LogP contribution in [0.3, 0.4) is 0 Å². The van der Waals surface area contributed by atoms with Gasteiger partial charge in [-0.3, -0.25) is 0 Å². The molecular weight excluding hydrogens is 922 g/mol. The number of rotatable bonds is 6. The van der Waals surface area contributed by atoms with E-state index in [2.05, 4.69) is 261 Å². The molecule has 2 heteroatoms. The second kappa shape index (κ2) is 52.8. The maximum atomic E-state index is 4.72. The van der Waals surface area contributed by atoms with Crippen molar-refractivity contribution in [3.63, 3.8) is 0 Å². The topological polar surface area (TPSA) is 0 Å². The van der Waals surface area contributed by atoms with Crippen LogP contribution in [-0.4, -0.2) is 13.4 Å². The zero-order valence-electron chi connectivity index (χ0n) is 50.1. The molecule has 0 heterocycles. The summed E-state index contributed by atoms with van der Waals surface area (Å²) in [7, 11) is 0. The molecule has 77 heavy (non-hydrogen) atoms. The Hall–Kier alpha value is -8.07. The Morgan fingerprint density at radius 3 is 0.584 bits per heavy atom. The summed E-state index contributed by atoms with van der Waals surface area (Å²) >= 11 is 0. The number of benzene rings is 6. The minimum atomic E-state index is 0. The quantitative estimate of drug-likeness (QED) is 0.115. The van der Waals surface area contributed by atoms with Gasteiger partial charge in [-0.2, -0.15) is 0 Å². The molecule has 6 aromatic carbocycles. The van der Waals surface area contributed by atoms with Crippen LogP contribution in [0.4, 0.5) is 0 Å². The van der Waals surface area contributed by atoms with Crippen LogP contribution in [0.1, 0.15) is 148 Å². The predicted octanol–water partition coefficient (Wildman–Crippen LogP) is 15.1. The third-order valence-electron chi connectivity index (χ3n) is 10.3. The van der Waals surface area contributed by atoms with E-state index in [9.17, 15) is 0 Å². The van der Waals surface area contributed by atoms with E-state index in [1.54, 1.807) is 27.7 Å². The van der Waals surface area contributed by atoms with Gasteiger partial charge in [0.05, 0.1) is 0 Å². The van der Waals surface area contributed by atoms with Crippen LogP contribution in [0.15, 0.2) is 127 Å². The molecule has 0 fully saturated rings. The first kappa shape index (κ1) is 80.3. The minimum absolute atomic E-state index is 0. The van der Waals surface area contributed by atoms with Gasteiger partial charge in [0.2, 0.25) is 13.4 Å². The number of hydrogen-bond donors (Lipinski definition) is 0. The fourth-order valence-electron chi connectivity index (χ4n) is 8.18. The summed E-state index contributed by atoms with van der Waals surface area (Å²) in [6.07, 6.45) is 18.9. The van der Waals surface area contributed by atoms with Crippen molar-refractivity contribution in [2.45, 2.75) is 160 Å². The Morgan fingerprint density at radius 1 is 0.286 bits per heavy atom. The van der Waals surface area contributed by atoms with Crippen LogP contribution in [0.25, 0.3) is 0 Å².